The van der Waals surface area contributed by atoms with E-state index in [1.54, 1.807) is 6.08 Å². The second-order valence-electron chi connectivity index (χ2n) is 8.73. The maximum absolute atomic E-state index is 12.8. The first-order valence-corrected chi connectivity index (χ1v) is 9.17. The van der Waals surface area contributed by atoms with E-state index < -0.39 is 11.4 Å². The van der Waals surface area contributed by atoms with Crippen LogP contribution in [0.3, 0.4) is 0 Å². The van der Waals surface area contributed by atoms with Gasteiger partial charge in [0, 0.05) is 6.08 Å². The van der Waals surface area contributed by atoms with Gasteiger partial charge in [-0.1, -0.05) is 12.5 Å². The highest BCUT2D eigenvalue weighted by Gasteiger charge is 2.61. The van der Waals surface area contributed by atoms with Crippen LogP contribution >= 0.6 is 0 Å². The largest absolute Gasteiger partial charge is 0.508 e. The highest BCUT2D eigenvalue weighted by molar-refractivity contribution is 5.99. The Bertz CT molecular complexity index is 675. The first kappa shape index (κ1) is 15.9. The second kappa shape index (κ2) is 4.96. The van der Waals surface area contributed by atoms with Crippen molar-refractivity contribution < 1.29 is 19.8 Å². The van der Waals surface area contributed by atoms with Gasteiger partial charge in [-0.2, -0.15) is 0 Å². The normalized spacial score (nSPS) is 47.2. The molecule has 0 aromatic carbocycles. The number of carbonyl (C=O) groups is 2. The molecule has 0 aromatic heterocycles. The van der Waals surface area contributed by atoms with Crippen LogP contribution in [0, 0.1) is 34.5 Å². The summed E-state index contributed by atoms with van der Waals surface area (Å²) in [6.45, 7) is 4.22. The predicted octanol–water partition coefficient (Wildman–Crippen LogP) is 3.88. The summed E-state index contributed by atoms with van der Waals surface area (Å²) in [5.41, 5.74) is 0.447. The molecular weight excluding hydrogens is 304 g/mol. The summed E-state index contributed by atoms with van der Waals surface area (Å²) in [7, 11) is 0. The number of aliphatic hydroxyl groups excluding tert-OH is 1. The molecule has 0 aliphatic heterocycles. The van der Waals surface area contributed by atoms with Gasteiger partial charge in [0.2, 0.25) is 0 Å². The Balaban J connectivity index is 1.71. The SMILES string of the molecule is CC12C(=O)C=C(O)C=C1CCC1C2CCC2(C)C(C(=O)O)CCC12. The van der Waals surface area contributed by atoms with E-state index in [2.05, 4.69) is 6.92 Å². The summed E-state index contributed by atoms with van der Waals surface area (Å²) in [5.74, 6) is 0.333. The predicted molar refractivity (Wildman–Crippen MR) is 89.3 cm³/mol. The summed E-state index contributed by atoms with van der Waals surface area (Å²) >= 11 is 0. The van der Waals surface area contributed by atoms with Crippen molar-refractivity contribution in [1.29, 1.82) is 0 Å². The number of hydrogen-bond donors (Lipinski definition) is 2. The van der Waals surface area contributed by atoms with Crippen LogP contribution in [0.15, 0.2) is 23.5 Å². The van der Waals surface area contributed by atoms with E-state index in [4.69, 9.17) is 0 Å². The van der Waals surface area contributed by atoms with E-state index in [1.165, 1.54) is 6.08 Å². The number of aliphatic hydroxyl groups is 1. The molecular formula is C20H26O4. The third-order valence-corrected chi connectivity index (χ3v) is 8.00. The van der Waals surface area contributed by atoms with Gasteiger partial charge in [0.1, 0.15) is 5.76 Å². The summed E-state index contributed by atoms with van der Waals surface area (Å²) < 4.78 is 0. The Hall–Kier alpha value is -1.58. The number of carbonyl (C=O) groups excluding carboxylic acids is 1. The molecule has 130 valence electrons. The molecule has 4 nitrogen and oxygen atoms in total. The highest BCUT2D eigenvalue weighted by atomic mass is 16.4. The maximum Gasteiger partial charge on any atom is 0.307 e. The lowest BCUT2D eigenvalue weighted by molar-refractivity contribution is -0.150. The van der Waals surface area contributed by atoms with Crippen molar-refractivity contribution in [3.8, 4) is 0 Å². The fraction of sp³-hybridized carbons (Fsp3) is 0.700. The summed E-state index contributed by atoms with van der Waals surface area (Å²) in [6, 6.07) is 0. The van der Waals surface area contributed by atoms with Gasteiger partial charge in [-0.3, -0.25) is 9.59 Å². The van der Waals surface area contributed by atoms with Crippen molar-refractivity contribution in [3.63, 3.8) is 0 Å². The maximum atomic E-state index is 12.8. The van der Waals surface area contributed by atoms with Gasteiger partial charge in [-0.25, -0.2) is 0 Å². The number of fused-ring (bicyclic) bond motifs is 5. The Kier molecular flexibility index (Phi) is 3.29. The van der Waals surface area contributed by atoms with E-state index in [-0.39, 0.29) is 28.8 Å². The Morgan fingerprint density at radius 1 is 1.12 bits per heavy atom. The standard InChI is InChI=1S/C20H26O4/c1-19-8-7-15-13(14(19)5-6-16(19)18(23)24)4-3-11-9-12(21)10-17(22)20(11,15)2/h9-10,13-16,21H,3-8H2,1-2H3,(H,23,24). The van der Waals surface area contributed by atoms with Crippen molar-refractivity contribution in [3.05, 3.63) is 23.5 Å². The molecule has 0 amide bonds. The molecule has 0 aromatic rings. The number of carboxylic acids is 1. The lowest BCUT2D eigenvalue weighted by Gasteiger charge is -2.56. The van der Waals surface area contributed by atoms with Crippen LogP contribution in [0.5, 0.6) is 0 Å². The van der Waals surface area contributed by atoms with Crippen LogP contribution in [-0.4, -0.2) is 22.0 Å². The molecule has 0 saturated heterocycles. The number of allylic oxidation sites excluding steroid dienone is 3. The minimum atomic E-state index is -0.650. The van der Waals surface area contributed by atoms with E-state index in [9.17, 15) is 19.8 Å². The van der Waals surface area contributed by atoms with Gasteiger partial charge in [-0.05, 0) is 74.7 Å². The number of aliphatic carboxylic acids is 1. The number of ketones is 1. The lowest BCUT2D eigenvalue weighted by atomic mass is 9.47. The number of hydrogen-bond acceptors (Lipinski definition) is 3. The van der Waals surface area contributed by atoms with Gasteiger partial charge in [-0.15, -0.1) is 0 Å². The van der Waals surface area contributed by atoms with E-state index in [0.29, 0.717) is 11.8 Å². The van der Waals surface area contributed by atoms with Crippen LogP contribution in [0.25, 0.3) is 0 Å². The molecule has 4 heteroatoms. The summed E-state index contributed by atoms with van der Waals surface area (Å²) in [6.07, 6.45) is 8.57. The van der Waals surface area contributed by atoms with E-state index >= 15 is 0 Å². The van der Waals surface area contributed by atoms with Crippen LogP contribution in [0.1, 0.15) is 52.4 Å². The topological polar surface area (TPSA) is 74.6 Å². The average molecular weight is 330 g/mol. The molecule has 2 N–H and O–H groups in total. The van der Waals surface area contributed by atoms with Crippen molar-refractivity contribution in [2.45, 2.75) is 52.4 Å². The van der Waals surface area contributed by atoms with Crippen molar-refractivity contribution >= 4 is 11.8 Å². The number of rotatable bonds is 1. The Labute approximate surface area is 142 Å². The molecule has 0 radical (unpaired) electrons. The van der Waals surface area contributed by atoms with Crippen LogP contribution in [-0.2, 0) is 9.59 Å². The zero-order chi connectivity index (χ0) is 17.3. The zero-order valence-electron chi connectivity index (χ0n) is 14.4. The third kappa shape index (κ3) is 1.86. The Morgan fingerprint density at radius 3 is 2.58 bits per heavy atom. The van der Waals surface area contributed by atoms with Gasteiger partial charge >= 0.3 is 5.97 Å². The van der Waals surface area contributed by atoms with Gasteiger partial charge in [0.25, 0.3) is 0 Å². The monoisotopic (exact) mass is 330 g/mol. The minimum Gasteiger partial charge on any atom is -0.508 e. The van der Waals surface area contributed by atoms with Gasteiger partial charge in [0.15, 0.2) is 5.78 Å². The van der Waals surface area contributed by atoms with Crippen LogP contribution < -0.4 is 0 Å². The van der Waals surface area contributed by atoms with E-state index in [0.717, 1.165) is 44.1 Å². The zero-order valence-corrected chi connectivity index (χ0v) is 14.4. The molecule has 0 bridgehead atoms. The molecule has 4 aliphatic carbocycles. The third-order valence-electron chi connectivity index (χ3n) is 8.00. The fourth-order valence-electron chi connectivity index (χ4n) is 6.70. The lowest BCUT2D eigenvalue weighted by Crippen LogP contribution is -2.53. The van der Waals surface area contributed by atoms with Crippen LogP contribution in [0.2, 0.25) is 0 Å². The second-order valence-corrected chi connectivity index (χ2v) is 8.73. The van der Waals surface area contributed by atoms with Crippen molar-refractivity contribution in [1.82, 2.24) is 0 Å². The number of carboxylic acid groups (broad SMARTS) is 1. The van der Waals surface area contributed by atoms with E-state index in [1.807, 2.05) is 6.92 Å². The van der Waals surface area contributed by atoms with Crippen molar-refractivity contribution in [2.24, 2.45) is 34.5 Å². The minimum absolute atomic E-state index is 0.0311. The van der Waals surface area contributed by atoms with Crippen LogP contribution in [0.4, 0.5) is 0 Å². The molecule has 0 spiro atoms. The first-order valence-electron chi connectivity index (χ1n) is 9.17. The highest BCUT2D eigenvalue weighted by Crippen LogP contribution is 2.65. The smallest absolute Gasteiger partial charge is 0.307 e. The fourth-order valence-corrected chi connectivity index (χ4v) is 6.70. The summed E-state index contributed by atoms with van der Waals surface area (Å²) in [4.78, 5) is 24.5. The summed E-state index contributed by atoms with van der Waals surface area (Å²) in [5, 5.41) is 19.4. The molecule has 3 fully saturated rings. The quantitative estimate of drug-likeness (QED) is 0.765. The molecule has 4 rings (SSSR count). The van der Waals surface area contributed by atoms with Gasteiger partial charge in [0.05, 0.1) is 11.3 Å². The first-order chi connectivity index (χ1) is 11.3. The molecule has 6 atom stereocenters. The van der Waals surface area contributed by atoms with Crippen molar-refractivity contribution in [2.75, 3.05) is 0 Å². The molecule has 4 aliphatic rings. The molecule has 0 heterocycles. The molecule has 24 heavy (non-hydrogen) atoms. The molecule has 6 unspecified atom stereocenters. The Morgan fingerprint density at radius 2 is 1.88 bits per heavy atom. The average Bonchev–Trinajstić information content (AvgIpc) is 2.86. The van der Waals surface area contributed by atoms with Gasteiger partial charge < -0.3 is 10.2 Å². The molecule has 3 saturated carbocycles.